The molecular weight excluding hydrogens is 294 g/mol. The molecule has 1 amide bonds. The SMILES string of the molecule is O=C(O)CCCCCNC(=O)c1cc2c(s1)CCSC2. The largest absolute Gasteiger partial charge is 0.481 e. The first kappa shape index (κ1) is 15.4. The van der Waals surface area contributed by atoms with Crippen LogP contribution in [0.5, 0.6) is 0 Å². The fraction of sp³-hybridized carbons (Fsp3) is 0.571. The molecule has 0 aromatic carbocycles. The average Bonchev–Trinajstić information content (AvgIpc) is 2.86. The van der Waals surface area contributed by atoms with Crippen molar-refractivity contribution in [1.82, 2.24) is 5.32 Å². The van der Waals surface area contributed by atoms with Crippen LogP contribution >= 0.6 is 23.1 Å². The standard InChI is InChI=1S/C14H19NO3S2/c16-13(17)4-2-1-3-6-15-14(18)12-8-10-9-19-7-5-11(10)20-12/h8H,1-7,9H2,(H,15,18)(H,16,17). The molecule has 0 radical (unpaired) electrons. The van der Waals surface area contributed by atoms with Crippen LogP contribution in [0.25, 0.3) is 0 Å². The lowest BCUT2D eigenvalue weighted by molar-refractivity contribution is -0.137. The minimum Gasteiger partial charge on any atom is -0.481 e. The van der Waals surface area contributed by atoms with E-state index in [2.05, 4.69) is 5.32 Å². The number of aliphatic carboxylic acids is 1. The van der Waals surface area contributed by atoms with Gasteiger partial charge in [0.2, 0.25) is 0 Å². The fourth-order valence-electron chi connectivity index (χ4n) is 2.13. The minimum atomic E-state index is -0.754. The van der Waals surface area contributed by atoms with Gasteiger partial charge in [0.05, 0.1) is 4.88 Å². The van der Waals surface area contributed by atoms with Crippen molar-refractivity contribution in [2.75, 3.05) is 12.3 Å². The zero-order chi connectivity index (χ0) is 14.4. The number of aryl methyl sites for hydroxylation is 1. The van der Waals surface area contributed by atoms with Crippen LogP contribution in [0.15, 0.2) is 6.07 Å². The van der Waals surface area contributed by atoms with Crippen LogP contribution in [-0.4, -0.2) is 29.3 Å². The van der Waals surface area contributed by atoms with E-state index in [9.17, 15) is 9.59 Å². The van der Waals surface area contributed by atoms with E-state index in [4.69, 9.17) is 5.11 Å². The van der Waals surface area contributed by atoms with E-state index >= 15 is 0 Å². The Balaban J connectivity index is 1.69. The molecule has 2 heterocycles. The van der Waals surface area contributed by atoms with E-state index in [0.29, 0.717) is 13.0 Å². The monoisotopic (exact) mass is 313 g/mol. The average molecular weight is 313 g/mol. The van der Waals surface area contributed by atoms with Crippen LogP contribution in [0.1, 0.15) is 45.8 Å². The topological polar surface area (TPSA) is 66.4 Å². The molecule has 1 aromatic heterocycles. The van der Waals surface area contributed by atoms with Gasteiger partial charge in [-0.05, 0) is 36.6 Å². The van der Waals surface area contributed by atoms with Crippen LogP contribution in [0.4, 0.5) is 0 Å². The second kappa shape index (κ2) is 7.69. The number of nitrogens with one attached hydrogen (secondary N) is 1. The zero-order valence-electron chi connectivity index (χ0n) is 11.3. The van der Waals surface area contributed by atoms with Gasteiger partial charge in [-0.25, -0.2) is 0 Å². The lowest BCUT2D eigenvalue weighted by atomic mass is 10.2. The summed E-state index contributed by atoms with van der Waals surface area (Å²) in [6.45, 7) is 0.621. The molecule has 0 saturated carbocycles. The van der Waals surface area contributed by atoms with E-state index in [1.807, 2.05) is 17.8 Å². The zero-order valence-corrected chi connectivity index (χ0v) is 12.9. The summed E-state index contributed by atoms with van der Waals surface area (Å²) in [5.41, 5.74) is 1.32. The third-order valence-electron chi connectivity index (χ3n) is 3.20. The maximum Gasteiger partial charge on any atom is 0.303 e. The molecule has 1 aliphatic heterocycles. The van der Waals surface area contributed by atoms with Crippen LogP contribution in [0.3, 0.4) is 0 Å². The van der Waals surface area contributed by atoms with Gasteiger partial charge in [-0.1, -0.05) is 6.42 Å². The van der Waals surface area contributed by atoms with Crippen molar-refractivity contribution in [3.63, 3.8) is 0 Å². The van der Waals surface area contributed by atoms with Crippen LogP contribution in [0.2, 0.25) is 0 Å². The summed E-state index contributed by atoms with van der Waals surface area (Å²) in [4.78, 5) is 24.5. The molecule has 1 aromatic rings. The van der Waals surface area contributed by atoms with Crippen LogP contribution in [0, 0.1) is 0 Å². The Morgan fingerprint density at radius 3 is 2.90 bits per heavy atom. The van der Waals surface area contributed by atoms with Crippen molar-refractivity contribution in [2.45, 2.75) is 37.9 Å². The number of rotatable bonds is 7. The van der Waals surface area contributed by atoms with Gasteiger partial charge in [0.15, 0.2) is 0 Å². The Morgan fingerprint density at radius 2 is 2.15 bits per heavy atom. The maximum atomic E-state index is 12.0. The predicted octanol–water partition coefficient (Wildman–Crippen LogP) is 2.91. The first-order chi connectivity index (χ1) is 9.66. The summed E-state index contributed by atoms with van der Waals surface area (Å²) >= 11 is 3.53. The highest BCUT2D eigenvalue weighted by molar-refractivity contribution is 7.98. The number of fused-ring (bicyclic) bond motifs is 1. The molecule has 0 spiro atoms. The smallest absolute Gasteiger partial charge is 0.303 e. The van der Waals surface area contributed by atoms with E-state index in [1.165, 1.54) is 10.4 Å². The van der Waals surface area contributed by atoms with Gasteiger partial charge in [-0.3, -0.25) is 9.59 Å². The summed E-state index contributed by atoms with van der Waals surface area (Å²) in [6.07, 6.45) is 3.64. The summed E-state index contributed by atoms with van der Waals surface area (Å²) < 4.78 is 0. The second-order valence-corrected chi connectivity index (χ2v) is 7.06. The molecule has 0 fully saturated rings. The quantitative estimate of drug-likeness (QED) is 0.760. The van der Waals surface area contributed by atoms with Gasteiger partial charge in [0, 0.05) is 23.6 Å². The summed E-state index contributed by atoms with van der Waals surface area (Å²) in [7, 11) is 0. The van der Waals surface area contributed by atoms with Crippen molar-refractivity contribution >= 4 is 35.0 Å². The fourth-order valence-corrected chi connectivity index (χ4v) is 4.41. The van der Waals surface area contributed by atoms with Crippen molar-refractivity contribution in [1.29, 1.82) is 0 Å². The van der Waals surface area contributed by atoms with Crippen molar-refractivity contribution in [3.8, 4) is 0 Å². The number of amides is 1. The molecule has 1 aliphatic rings. The number of thioether (sulfide) groups is 1. The maximum absolute atomic E-state index is 12.0. The van der Waals surface area contributed by atoms with Gasteiger partial charge < -0.3 is 10.4 Å². The number of thiophene rings is 1. The van der Waals surface area contributed by atoms with E-state index in [-0.39, 0.29) is 12.3 Å². The molecule has 4 nitrogen and oxygen atoms in total. The predicted molar refractivity (Wildman–Crippen MR) is 82.6 cm³/mol. The first-order valence-corrected chi connectivity index (χ1v) is 8.83. The Hall–Kier alpha value is -1.01. The molecule has 20 heavy (non-hydrogen) atoms. The molecule has 0 bridgehead atoms. The number of carboxylic acid groups (broad SMARTS) is 1. The third kappa shape index (κ3) is 4.52. The highest BCUT2D eigenvalue weighted by atomic mass is 32.2. The summed E-state index contributed by atoms with van der Waals surface area (Å²) in [5.74, 6) is 1.43. The van der Waals surface area contributed by atoms with Gasteiger partial charge in [-0.2, -0.15) is 11.8 Å². The number of carbonyl (C=O) groups is 2. The van der Waals surface area contributed by atoms with Crippen molar-refractivity contribution < 1.29 is 14.7 Å². The lowest BCUT2D eigenvalue weighted by Crippen LogP contribution is -2.23. The van der Waals surface area contributed by atoms with Crippen molar-refractivity contribution in [3.05, 3.63) is 21.4 Å². The minimum absolute atomic E-state index is 0.00707. The molecule has 0 saturated heterocycles. The molecule has 0 aliphatic carbocycles. The van der Waals surface area contributed by atoms with E-state index in [0.717, 1.165) is 35.6 Å². The lowest BCUT2D eigenvalue weighted by Gasteiger charge is -2.08. The Bertz CT molecular complexity index is 461. The van der Waals surface area contributed by atoms with Crippen molar-refractivity contribution in [2.24, 2.45) is 0 Å². The number of hydrogen-bond donors (Lipinski definition) is 2. The molecule has 2 N–H and O–H groups in total. The number of hydrogen-bond acceptors (Lipinski definition) is 4. The van der Waals surface area contributed by atoms with E-state index in [1.54, 1.807) is 11.3 Å². The van der Waals surface area contributed by atoms with Gasteiger partial charge in [-0.15, -0.1) is 11.3 Å². The van der Waals surface area contributed by atoms with E-state index < -0.39 is 5.97 Å². The van der Waals surface area contributed by atoms with Gasteiger partial charge in [0.1, 0.15) is 0 Å². The van der Waals surface area contributed by atoms with Crippen LogP contribution < -0.4 is 5.32 Å². The highest BCUT2D eigenvalue weighted by Gasteiger charge is 2.17. The number of unbranched alkanes of at least 4 members (excludes halogenated alkanes) is 2. The second-order valence-electron chi connectivity index (χ2n) is 4.82. The highest BCUT2D eigenvalue weighted by Crippen LogP contribution is 2.31. The number of carboxylic acids is 1. The van der Waals surface area contributed by atoms with Gasteiger partial charge in [0.25, 0.3) is 5.91 Å². The summed E-state index contributed by atoms with van der Waals surface area (Å²) in [6, 6.07) is 2.02. The molecule has 0 unspecified atom stereocenters. The molecule has 0 atom stereocenters. The first-order valence-electron chi connectivity index (χ1n) is 6.86. The van der Waals surface area contributed by atoms with Gasteiger partial charge >= 0.3 is 5.97 Å². The third-order valence-corrected chi connectivity index (χ3v) is 5.45. The molecular formula is C14H19NO3S2. The number of carbonyl (C=O) groups excluding carboxylic acids is 1. The normalized spacial score (nSPS) is 13.8. The molecule has 2 rings (SSSR count). The Kier molecular flexibility index (Phi) is 5.91. The summed E-state index contributed by atoms with van der Waals surface area (Å²) in [5, 5.41) is 11.4. The Labute approximate surface area is 127 Å². The molecule has 6 heteroatoms. The van der Waals surface area contributed by atoms with Crippen LogP contribution in [-0.2, 0) is 17.0 Å². The molecule has 110 valence electrons. The Morgan fingerprint density at radius 1 is 1.30 bits per heavy atom.